The maximum atomic E-state index is 3.47. The molecule has 0 aliphatic carbocycles. The summed E-state index contributed by atoms with van der Waals surface area (Å²) < 4.78 is 0. The largest absolute Gasteiger partial charge is 0.318 e. The quantitative estimate of drug-likeness (QED) is 0.753. The average Bonchev–Trinajstić information content (AvgIpc) is 2.48. The van der Waals surface area contributed by atoms with Crippen LogP contribution in [0.3, 0.4) is 0 Å². The van der Waals surface area contributed by atoms with Crippen molar-refractivity contribution < 1.29 is 0 Å². The zero-order valence-electron chi connectivity index (χ0n) is 8.55. The Balaban J connectivity index is 2.30. The number of rotatable bonds is 5. The molecular formula is C10H18N2S. The van der Waals surface area contributed by atoms with E-state index >= 15 is 0 Å². The number of thiophene rings is 1. The van der Waals surface area contributed by atoms with Crippen LogP contribution in [-0.4, -0.2) is 19.6 Å². The van der Waals surface area contributed by atoms with E-state index in [9.17, 15) is 0 Å². The summed E-state index contributed by atoms with van der Waals surface area (Å²) in [5.41, 5.74) is 2.82. The third-order valence-electron chi connectivity index (χ3n) is 2.11. The van der Waals surface area contributed by atoms with Gasteiger partial charge in [-0.05, 0) is 42.8 Å². The van der Waals surface area contributed by atoms with Crippen LogP contribution in [0.5, 0.6) is 0 Å². The SMILES string of the molecule is CNCC(C)NCc1cscc1C. The standard InChI is InChI=1S/C10H18N2S/c1-8-6-13-7-10(8)5-12-9(2)4-11-3/h6-7,9,11-12H,4-5H2,1-3H3. The molecule has 0 radical (unpaired) electrons. The molecule has 2 N–H and O–H groups in total. The van der Waals surface area contributed by atoms with Gasteiger partial charge in [0.15, 0.2) is 0 Å². The maximum Gasteiger partial charge on any atom is 0.0219 e. The van der Waals surface area contributed by atoms with Crippen LogP contribution in [0.1, 0.15) is 18.1 Å². The van der Waals surface area contributed by atoms with Crippen molar-refractivity contribution in [3.63, 3.8) is 0 Å². The minimum Gasteiger partial charge on any atom is -0.318 e. The maximum absolute atomic E-state index is 3.47. The molecular weight excluding hydrogens is 180 g/mol. The normalized spacial score (nSPS) is 13.2. The molecule has 0 saturated carbocycles. The molecule has 0 saturated heterocycles. The summed E-state index contributed by atoms with van der Waals surface area (Å²) in [6, 6.07) is 0.532. The fraction of sp³-hybridized carbons (Fsp3) is 0.600. The Morgan fingerprint density at radius 3 is 2.77 bits per heavy atom. The molecule has 0 bridgehead atoms. The lowest BCUT2D eigenvalue weighted by atomic mass is 10.2. The number of hydrogen-bond donors (Lipinski definition) is 2. The van der Waals surface area contributed by atoms with Crippen molar-refractivity contribution in [1.29, 1.82) is 0 Å². The molecule has 0 aromatic carbocycles. The minimum absolute atomic E-state index is 0.532. The first-order valence-corrected chi connectivity index (χ1v) is 5.58. The molecule has 13 heavy (non-hydrogen) atoms. The molecule has 2 nitrogen and oxygen atoms in total. The third-order valence-corrected chi connectivity index (χ3v) is 3.02. The lowest BCUT2D eigenvalue weighted by molar-refractivity contribution is 0.523. The van der Waals surface area contributed by atoms with Crippen LogP contribution in [0.25, 0.3) is 0 Å². The first-order chi connectivity index (χ1) is 6.24. The fourth-order valence-corrected chi connectivity index (χ4v) is 2.09. The lowest BCUT2D eigenvalue weighted by Crippen LogP contribution is -2.34. The second-order valence-electron chi connectivity index (χ2n) is 3.42. The van der Waals surface area contributed by atoms with Gasteiger partial charge in [0.1, 0.15) is 0 Å². The zero-order valence-corrected chi connectivity index (χ0v) is 9.37. The molecule has 1 aromatic rings. The van der Waals surface area contributed by atoms with Gasteiger partial charge in [-0.2, -0.15) is 11.3 Å². The summed E-state index contributed by atoms with van der Waals surface area (Å²) in [6.45, 7) is 6.36. The second kappa shape index (κ2) is 5.37. The minimum atomic E-state index is 0.532. The van der Waals surface area contributed by atoms with Crippen LogP contribution in [0.4, 0.5) is 0 Å². The monoisotopic (exact) mass is 198 g/mol. The summed E-state index contributed by atoms with van der Waals surface area (Å²) in [6.07, 6.45) is 0. The van der Waals surface area contributed by atoms with E-state index in [0.29, 0.717) is 6.04 Å². The van der Waals surface area contributed by atoms with Gasteiger partial charge in [0, 0.05) is 19.1 Å². The molecule has 1 rings (SSSR count). The van der Waals surface area contributed by atoms with Crippen molar-refractivity contribution in [2.45, 2.75) is 26.4 Å². The first kappa shape index (κ1) is 10.7. The third kappa shape index (κ3) is 3.46. The Labute approximate surface area is 84.4 Å². The number of nitrogens with one attached hydrogen (secondary N) is 2. The summed E-state index contributed by atoms with van der Waals surface area (Å²) in [5, 5.41) is 11.0. The molecule has 1 heterocycles. The van der Waals surface area contributed by atoms with Crippen LogP contribution in [0.15, 0.2) is 10.8 Å². The van der Waals surface area contributed by atoms with Gasteiger partial charge in [-0.15, -0.1) is 0 Å². The molecule has 0 aliphatic rings. The molecule has 1 unspecified atom stereocenters. The van der Waals surface area contributed by atoms with Crippen molar-refractivity contribution in [2.24, 2.45) is 0 Å². The van der Waals surface area contributed by atoms with E-state index in [-0.39, 0.29) is 0 Å². The second-order valence-corrected chi connectivity index (χ2v) is 4.16. The van der Waals surface area contributed by atoms with Gasteiger partial charge in [-0.3, -0.25) is 0 Å². The molecule has 3 heteroatoms. The van der Waals surface area contributed by atoms with E-state index in [4.69, 9.17) is 0 Å². The topological polar surface area (TPSA) is 24.1 Å². The predicted molar refractivity (Wildman–Crippen MR) is 59.3 cm³/mol. The predicted octanol–water partition coefficient (Wildman–Crippen LogP) is 1.75. The van der Waals surface area contributed by atoms with Gasteiger partial charge in [-0.1, -0.05) is 0 Å². The van der Waals surface area contributed by atoms with Gasteiger partial charge < -0.3 is 10.6 Å². The molecule has 1 aromatic heterocycles. The Hall–Kier alpha value is -0.380. The summed E-state index contributed by atoms with van der Waals surface area (Å²) in [4.78, 5) is 0. The fourth-order valence-electron chi connectivity index (χ4n) is 1.23. The molecule has 0 amide bonds. The van der Waals surface area contributed by atoms with E-state index in [0.717, 1.165) is 13.1 Å². The van der Waals surface area contributed by atoms with Crippen LogP contribution in [-0.2, 0) is 6.54 Å². The first-order valence-electron chi connectivity index (χ1n) is 4.63. The Morgan fingerprint density at radius 1 is 1.46 bits per heavy atom. The van der Waals surface area contributed by atoms with E-state index in [1.165, 1.54) is 11.1 Å². The molecule has 0 aliphatic heterocycles. The summed E-state index contributed by atoms with van der Waals surface area (Å²) in [7, 11) is 1.98. The van der Waals surface area contributed by atoms with Crippen molar-refractivity contribution in [3.8, 4) is 0 Å². The molecule has 74 valence electrons. The van der Waals surface area contributed by atoms with E-state index in [1.54, 1.807) is 11.3 Å². The van der Waals surface area contributed by atoms with Gasteiger partial charge >= 0.3 is 0 Å². The number of hydrogen-bond acceptors (Lipinski definition) is 3. The van der Waals surface area contributed by atoms with Crippen molar-refractivity contribution in [1.82, 2.24) is 10.6 Å². The smallest absolute Gasteiger partial charge is 0.0219 e. The Kier molecular flexibility index (Phi) is 4.42. The van der Waals surface area contributed by atoms with Crippen LogP contribution in [0, 0.1) is 6.92 Å². The Bertz CT molecular complexity index is 245. The summed E-state index contributed by atoms with van der Waals surface area (Å²) in [5.74, 6) is 0. The van der Waals surface area contributed by atoms with Crippen molar-refractivity contribution >= 4 is 11.3 Å². The van der Waals surface area contributed by atoms with Gasteiger partial charge in [0.25, 0.3) is 0 Å². The van der Waals surface area contributed by atoms with Crippen molar-refractivity contribution in [3.05, 3.63) is 21.9 Å². The van der Waals surface area contributed by atoms with E-state index in [1.807, 2.05) is 7.05 Å². The van der Waals surface area contributed by atoms with E-state index in [2.05, 4.69) is 35.2 Å². The van der Waals surface area contributed by atoms with Crippen LogP contribution < -0.4 is 10.6 Å². The highest BCUT2D eigenvalue weighted by Gasteiger charge is 2.02. The van der Waals surface area contributed by atoms with Gasteiger partial charge in [0.2, 0.25) is 0 Å². The zero-order chi connectivity index (χ0) is 9.68. The molecule has 1 atom stereocenters. The van der Waals surface area contributed by atoms with Crippen molar-refractivity contribution in [2.75, 3.05) is 13.6 Å². The Morgan fingerprint density at radius 2 is 2.23 bits per heavy atom. The molecule has 0 spiro atoms. The number of likely N-dealkylation sites (N-methyl/N-ethyl adjacent to an activating group) is 1. The average molecular weight is 198 g/mol. The lowest BCUT2D eigenvalue weighted by Gasteiger charge is -2.12. The van der Waals surface area contributed by atoms with Gasteiger partial charge in [0.05, 0.1) is 0 Å². The highest BCUT2D eigenvalue weighted by atomic mass is 32.1. The van der Waals surface area contributed by atoms with Gasteiger partial charge in [-0.25, -0.2) is 0 Å². The highest BCUT2D eigenvalue weighted by molar-refractivity contribution is 7.08. The highest BCUT2D eigenvalue weighted by Crippen LogP contribution is 2.12. The number of aryl methyl sites for hydroxylation is 1. The summed E-state index contributed by atoms with van der Waals surface area (Å²) >= 11 is 1.78. The molecule has 0 fully saturated rings. The van der Waals surface area contributed by atoms with Crippen LogP contribution >= 0.6 is 11.3 Å². The van der Waals surface area contributed by atoms with Crippen LogP contribution in [0.2, 0.25) is 0 Å². The van der Waals surface area contributed by atoms with E-state index < -0.39 is 0 Å².